The van der Waals surface area contributed by atoms with E-state index in [1.54, 1.807) is 0 Å². The second kappa shape index (κ2) is 2.43. The first-order chi connectivity index (χ1) is 6.07. The molecule has 2 unspecified atom stereocenters. The highest BCUT2D eigenvalue weighted by molar-refractivity contribution is 6.24. The van der Waals surface area contributed by atoms with E-state index in [-0.39, 0.29) is 10.5 Å². The smallest absolute Gasteiger partial charge is 0.0653 e. The Labute approximate surface area is 84.5 Å². The maximum absolute atomic E-state index is 10.3. The minimum atomic E-state index is -0.333. The number of fused-ring (bicyclic) bond motifs is 1. The lowest BCUT2D eigenvalue weighted by Gasteiger charge is -2.44. The van der Waals surface area contributed by atoms with Crippen molar-refractivity contribution in [2.45, 2.75) is 55.4 Å². The Hall–Kier alpha value is 0.250. The molecule has 74 valence electrons. The van der Waals surface area contributed by atoms with Crippen molar-refractivity contribution in [2.75, 3.05) is 0 Å². The second-order valence-electron chi connectivity index (χ2n) is 5.66. The van der Waals surface area contributed by atoms with Gasteiger partial charge in [0.1, 0.15) is 0 Å². The fourth-order valence-electron chi connectivity index (χ4n) is 4.09. The number of halogens is 1. The van der Waals surface area contributed by atoms with Gasteiger partial charge in [0.15, 0.2) is 0 Å². The molecule has 13 heavy (non-hydrogen) atoms. The molecule has 0 aromatic heterocycles. The minimum Gasteiger partial charge on any atom is -0.390 e. The third-order valence-electron chi connectivity index (χ3n) is 4.35. The summed E-state index contributed by atoms with van der Waals surface area (Å²) in [6.07, 6.45) is 7.69. The first-order valence-corrected chi connectivity index (χ1v) is 5.86. The van der Waals surface area contributed by atoms with Crippen molar-refractivity contribution in [3.05, 3.63) is 0 Å². The highest BCUT2D eigenvalue weighted by atomic mass is 35.5. The van der Waals surface area contributed by atoms with Crippen LogP contribution in [0.25, 0.3) is 0 Å². The van der Waals surface area contributed by atoms with Gasteiger partial charge in [-0.05, 0) is 56.8 Å². The van der Waals surface area contributed by atoms with E-state index >= 15 is 0 Å². The molecule has 4 atom stereocenters. The predicted octanol–water partition coefficient (Wildman–Crippen LogP) is 2.70. The zero-order valence-electron chi connectivity index (χ0n) is 7.93. The summed E-state index contributed by atoms with van der Waals surface area (Å²) in [4.78, 5) is 0.0641. The zero-order chi connectivity index (χ0) is 9.10. The Balaban J connectivity index is 1.98. The van der Waals surface area contributed by atoms with Crippen LogP contribution in [-0.2, 0) is 0 Å². The van der Waals surface area contributed by atoms with E-state index in [4.69, 9.17) is 11.6 Å². The zero-order valence-corrected chi connectivity index (χ0v) is 8.69. The van der Waals surface area contributed by atoms with Crippen molar-refractivity contribution in [3.63, 3.8) is 0 Å². The molecule has 1 N–H and O–H groups in total. The van der Waals surface area contributed by atoms with Crippen molar-refractivity contribution in [2.24, 2.45) is 11.8 Å². The summed E-state index contributed by atoms with van der Waals surface area (Å²) in [5, 5.41) is 10.3. The van der Waals surface area contributed by atoms with Crippen LogP contribution in [0.4, 0.5) is 0 Å². The maximum atomic E-state index is 10.3. The molecular formula is C11H17ClO. The Kier molecular flexibility index (Phi) is 1.60. The van der Waals surface area contributed by atoms with Gasteiger partial charge < -0.3 is 5.11 Å². The molecule has 1 nitrogen and oxygen atoms in total. The number of hydrogen-bond acceptors (Lipinski definition) is 1. The van der Waals surface area contributed by atoms with E-state index in [9.17, 15) is 5.11 Å². The van der Waals surface area contributed by atoms with Crippen molar-refractivity contribution < 1.29 is 5.11 Å². The lowest BCUT2D eigenvalue weighted by atomic mass is 9.66. The van der Waals surface area contributed by atoms with Crippen molar-refractivity contribution in [3.8, 4) is 0 Å². The van der Waals surface area contributed by atoms with Crippen LogP contribution in [0, 0.1) is 11.8 Å². The van der Waals surface area contributed by atoms with E-state index in [1.807, 2.05) is 0 Å². The molecule has 4 aliphatic rings. The van der Waals surface area contributed by atoms with Gasteiger partial charge in [-0.3, -0.25) is 0 Å². The Morgan fingerprint density at radius 2 is 1.62 bits per heavy atom. The molecule has 0 amide bonds. The molecule has 4 bridgehead atoms. The van der Waals surface area contributed by atoms with Crippen LogP contribution in [0.3, 0.4) is 0 Å². The van der Waals surface area contributed by atoms with Crippen molar-refractivity contribution in [1.29, 1.82) is 0 Å². The summed E-state index contributed by atoms with van der Waals surface area (Å²) in [6.45, 7) is 0. The van der Waals surface area contributed by atoms with Crippen LogP contribution in [0.5, 0.6) is 0 Å². The van der Waals surface area contributed by atoms with E-state index in [1.165, 1.54) is 6.42 Å². The van der Waals surface area contributed by atoms with Crippen LogP contribution in [0.1, 0.15) is 44.9 Å². The molecular weight excluding hydrogens is 184 g/mol. The molecule has 0 radical (unpaired) electrons. The van der Waals surface area contributed by atoms with Gasteiger partial charge in [-0.1, -0.05) is 0 Å². The fourth-order valence-corrected chi connectivity index (χ4v) is 4.62. The molecule has 2 heteroatoms. The number of hydrogen-bond donors (Lipinski definition) is 1. The summed E-state index contributed by atoms with van der Waals surface area (Å²) in [5.41, 5.74) is -0.333. The number of alkyl halides is 1. The molecule has 0 spiro atoms. The van der Waals surface area contributed by atoms with Gasteiger partial charge in [0.05, 0.1) is 5.60 Å². The van der Waals surface area contributed by atoms with Crippen LogP contribution < -0.4 is 0 Å². The molecule has 4 aliphatic carbocycles. The number of aliphatic hydroxyl groups is 1. The van der Waals surface area contributed by atoms with E-state index in [0.29, 0.717) is 0 Å². The van der Waals surface area contributed by atoms with Crippen LogP contribution in [-0.4, -0.2) is 15.6 Å². The van der Waals surface area contributed by atoms with Crippen LogP contribution >= 0.6 is 11.6 Å². The summed E-state index contributed by atoms with van der Waals surface area (Å²) in [7, 11) is 0. The normalized spacial score (nSPS) is 59.5. The predicted molar refractivity (Wildman–Crippen MR) is 52.8 cm³/mol. The summed E-state index contributed by atoms with van der Waals surface area (Å²) >= 11 is 6.58. The third-order valence-corrected chi connectivity index (χ3v) is 4.85. The lowest BCUT2D eigenvalue weighted by molar-refractivity contribution is -0.0403. The monoisotopic (exact) mass is 200 g/mol. The van der Waals surface area contributed by atoms with E-state index in [0.717, 1.165) is 50.4 Å². The molecule has 0 heterocycles. The molecule has 4 rings (SSSR count). The van der Waals surface area contributed by atoms with Crippen molar-refractivity contribution >= 4 is 11.6 Å². The number of rotatable bonds is 0. The standard InChI is InChI=1S/C11H17ClO/c12-10-1-2-11(13)6-8(4-10)3-9(5-10)7-11/h8-9,13H,1-7H2/t8-,9+,10?,11?. The average molecular weight is 201 g/mol. The first kappa shape index (κ1) is 8.55. The van der Waals surface area contributed by atoms with E-state index in [2.05, 4.69) is 0 Å². The van der Waals surface area contributed by atoms with Gasteiger partial charge in [-0.25, -0.2) is 0 Å². The first-order valence-electron chi connectivity index (χ1n) is 5.48. The third kappa shape index (κ3) is 1.32. The highest BCUT2D eigenvalue weighted by Crippen LogP contribution is 2.56. The maximum Gasteiger partial charge on any atom is 0.0653 e. The SMILES string of the molecule is OC12CCC3(Cl)C[C@H](C[C@@H](C1)C3)C2. The quantitative estimate of drug-likeness (QED) is 0.597. The second-order valence-corrected chi connectivity index (χ2v) is 6.46. The van der Waals surface area contributed by atoms with Gasteiger partial charge >= 0.3 is 0 Å². The Morgan fingerprint density at radius 1 is 1.00 bits per heavy atom. The van der Waals surface area contributed by atoms with E-state index < -0.39 is 0 Å². The van der Waals surface area contributed by atoms with Gasteiger partial charge in [-0.15, -0.1) is 11.6 Å². The average Bonchev–Trinajstić information content (AvgIpc) is 2.11. The lowest BCUT2D eigenvalue weighted by Crippen LogP contribution is -2.41. The topological polar surface area (TPSA) is 20.2 Å². The van der Waals surface area contributed by atoms with Gasteiger partial charge in [0.2, 0.25) is 0 Å². The molecule has 4 fully saturated rings. The van der Waals surface area contributed by atoms with Crippen LogP contribution in [0.2, 0.25) is 0 Å². The summed E-state index contributed by atoms with van der Waals surface area (Å²) in [5.74, 6) is 1.44. The Bertz CT molecular complexity index is 202. The van der Waals surface area contributed by atoms with Gasteiger partial charge in [0, 0.05) is 4.87 Å². The van der Waals surface area contributed by atoms with Gasteiger partial charge in [-0.2, -0.15) is 0 Å². The molecule has 0 saturated heterocycles. The Morgan fingerprint density at radius 3 is 2.23 bits per heavy atom. The highest BCUT2D eigenvalue weighted by Gasteiger charge is 2.51. The molecule has 4 saturated carbocycles. The summed E-state index contributed by atoms with van der Waals surface area (Å²) in [6, 6.07) is 0. The van der Waals surface area contributed by atoms with Crippen molar-refractivity contribution in [1.82, 2.24) is 0 Å². The largest absolute Gasteiger partial charge is 0.390 e. The van der Waals surface area contributed by atoms with Gasteiger partial charge in [0.25, 0.3) is 0 Å². The summed E-state index contributed by atoms with van der Waals surface area (Å²) < 4.78 is 0. The van der Waals surface area contributed by atoms with Crippen LogP contribution in [0.15, 0.2) is 0 Å². The fraction of sp³-hybridized carbons (Fsp3) is 1.00. The minimum absolute atomic E-state index is 0.0641. The molecule has 0 aromatic rings. The molecule has 0 aromatic carbocycles. The molecule has 0 aliphatic heterocycles.